The van der Waals surface area contributed by atoms with Crippen LogP contribution in [0, 0.1) is 11.8 Å². The van der Waals surface area contributed by atoms with Gasteiger partial charge in [0.2, 0.25) is 0 Å². The van der Waals surface area contributed by atoms with E-state index in [1.807, 2.05) is 0 Å². The van der Waals surface area contributed by atoms with Gasteiger partial charge in [0, 0.05) is 13.0 Å². The lowest BCUT2D eigenvalue weighted by atomic mass is 9.84. The van der Waals surface area contributed by atoms with Gasteiger partial charge in [-0.15, -0.1) is 0 Å². The van der Waals surface area contributed by atoms with E-state index >= 15 is 0 Å². The molecule has 0 radical (unpaired) electrons. The van der Waals surface area contributed by atoms with Crippen molar-refractivity contribution in [3.05, 3.63) is 0 Å². The summed E-state index contributed by atoms with van der Waals surface area (Å²) in [5.41, 5.74) is 0. The summed E-state index contributed by atoms with van der Waals surface area (Å²) in [6, 6.07) is 0. The Labute approximate surface area is 219 Å². The lowest BCUT2D eigenvalue weighted by Gasteiger charge is -2.28. The number of ether oxygens (including phenoxy) is 1. The molecule has 1 N–H and O–H groups in total. The number of aliphatic hydroxyl groups excluding tert-OH is 1. The van der Waals surface area contributed by atoms with Gasteiger partial charge < -0.3 is 14.7 Å². The van der Waals surface area contributed by atoms with Crippen molar-refractivity contribution >= 4 is 5.97 Å². The van der Waals surface area contributed by atoms with E-state index in [9.17, 15) is 9.90 Å². The van der Waals surface area contributed by atoms with Gasteiger partial charge in [0.25, 0.3) is 0 Å². The van der Waals surface area contributed by atoms with E-state index < -0.39 is 0 Å². The third-order valence-corrected chi connectivity index (χ3v) is 7.84. The van der Waals surface area contributed by atoms with E-state index in [-0.39, 0.29) is 18.7 Å². The molecule has 35 heavy (non-hydrogen) atoms. The molecule has 0 heterocycles. The SMILES string of the molecule is CCCCCC1CCC(OC(=O)CCCCCCCN(CCO)CCCCCCCC(C)C)CC1. The summed E-state index contributed by atoms with van der Waals surface area (Å²) in [5.74, 6) is 1.72. The van der Waals surface area contributed by atoms with Crippen LogP contribution >= 0.6 is 0 Å². The number of esters is 1. The molecule has 0 bridgehead atoms. The van der Waals surface area contributed by atoms with E-state index in [1.54, 1.807) is 0 Å². The molecule has 0 aliphatic heterocycles. The highest BCUT2D eigenvalue weighted by Gasteiger charge is 2.23. The molecule has 1 saturated carbocycles. The van der Waals surface area contributed by atoms with Crippen LogP contribution < -0.4 is 0 Å². The van der Waals surface area contributed by atoms with E-state index in [0.717, 1.165) is 57.2 Å². The van der Waals surface area contributed by atoms with E-state index in [0.29, 0.717) is 6.42 Å². The average Bonchev–Trinajstić information content (AvgIpc) is 2.83. The fourth-order valence-electron chi connectivity index (χ4n) is 5.50. The molecular formula is C31H61NO3. The Kier molecular flexibility index (Phi) is 20.9. The van der Waals surface area contributed by atoms with Crippen LogP contribution in [0.1, 0.15) is 149 Å². The second kappa shape index (κ2) is 22.6. The predicted octanol–water partition coefficient (Wildman–Crippen LogP) is 8.30. The highest BCUT2D eigenvalue weighted by atomic mass is 16.5. The van der Waals surface area contributed by atoms with Crippen LogP contribution in [0.15, 0.2) is 0 Å². The van der Waals surface area contributed by atoms with Gasteiger partial charge in [0.05, 0.1) is 6.61 Å². The van der Waals surface area contributed by atoms with Crippen molar-refractivity contribution < 1.29 is 14.6 Å². The third-order valence-electron chi connectivity index (χ3n) is 7.84. The molecule has 0 saturated heterocycles. The van der Waals surface area contributed by atoms with E-state index in [1.165, 1.54) is 96.3 Å². The van der Waals surface area contributed by atoms with E-state index in [4.69, 9.17) is 4.74 Å². The second-order valence-electron chi connectivity index (χ2n) is 11.7. The van der Waals surface area contributed by atoms with Gasteiger partial charge in [-0.2, -0.15) is 0 Å². The summed E-state index contributed by atoms with van der Waals surface area (Å²) in [6.45, 7) is 10.2. The maximum Gasteiger partial charge on any atom is 0.306 e. The molecule has 0 atom stereocenters. The number of carbonyl (C=O) groups is 1. The maximum absolute atomic E-state index is 12.2. The first kappa shape index (κ1) is 32.4. The van der Waals surface area contributed by atoms with Crippen molar-refractivity contribution in [2.24, 2.45) is 11.8 Å². The van der Waals surface area contributed by atoms with Crippen LogP contribution in [-0.4, -0.2) is 48.3 Å². The van der Waals surface area contributed by atoms with Crippen LogP contribution in [0.4, 0.5) is 0 Å². The summed E-state index contributed by atoms with van der Waals surface area (Å²) in [4.78, 5) is 14.6. The first-order valence-electron chi connectivity index (χ1n) is 15.6. The Balaban J connectivity index is 1.97. The highest BCUT2D eigenvalue weighted by molar-refractivity contribution is 5.69. The Hall–Kier alpha value is -0.610. The standard InChI is InChI=1S/C31H61NO3/c1-4-5-12-18-29-20-22-30(23-21-29)35-31(34)19-14-9-7-11-16-25-32(26-27-33)24-15-10-6-8-13-17-28(2)3/h28-30,33H,4-27H2,1-3H3. The number of nitrogens with zero attached hydrogens (tertiary/aromatic N) is 1. The fraction of sp³-hybridized carbons (Fsp3) is 0.968. The summed E-state index contributed by atoms with van der Waals surface area (Å²) in [7, 11) is 0. The molecule has 0 aromatic carbocycles. The summed E-state index contributed by atoms with van der Waals surface area (Å²) < 4.78 is 5.76. The fourth-order valence-corrected chi connectivity index (χ4v) is 5.50. The van der Waals surface area contributed by atoms with E-state index in [2.05, 4.69) is 25.7 Å². The smallest absolute Gasteiger partial charge is 0.306 e. The molecule has 1 rings (SSSR count). The van der Waals surface area contributed by atoms with Crippen molar-refractivity contribution in [3.63, 3.8) is 0 Å². The molecule has 1 fully saturated rings. The maximum atomic E-state index is 12.2. The summed E-state index contributed by atoms with van der Waals surface area (Å²) in [5, 5.41) is 9.37. The van der Waals surface area contributed by atoms with Crippen molar-refractivity contribution in [2.75, 3.05) is 26.2 Å². The van der Waals surface area contributed by atoms with Gasteiger partial charge in [-0.1, -0.05) is 97.8 Å². The number of aliphatic hydroxyl groups is 1. The minimum absolute atomic E-state index is 0.0257. The minimum atomic E-state index is 0.0257. The second-order valence-corrected chi connectivity index (χ2v) is 11.7. The topological polar surface area (TPSA) is 49.8 Å². The number of rotatable bonds is 23. The first-order valence-corrected chi connectivity index (χ1v) is 15.6. The number of unbranched alkanes of at least 4 members (excludes halogenated alkanes) is 10. The minimum Gasteiger partial charge on any atom is -0.462 e. The van der Waals surface area contributed by atoms with Gasteiger partial charge in [0.15, 0.2) is 0 Å². The highest BCUT2D eigenvalue weighted by Crippen LogP contribution is 2.30. The molecule has 0 aromatic heterocycles. The normalized spacial score (nSPS) is 18.5. The van der Waals surface area contributed by atoms with Gasteiger partial charge in [-0.05, 0) is 69.9 Å². The van der Waals surface area contributed by atoms with Gasteiger partial charge in [-0.3, -0.25) is 4.79 Å². The monoisotopic (exact) mass is 495 g/mol. The first-order chi connectivity index (χ1) is 17.0. The molecule has 0 spiro atoms. The Morgan fingerprint density at radius 2 is 1.40 bits per heavy atom. The van der Waals surface area contributed by atoms with Crippen LogP contribution in [0.2, 0.25) is 0 Å². The largest absolute Gasteiger partial charge is 0.462 e. The molecular weight excluding hydrogens is 434 g/mol. The molecule has 208 valence electrons. The zero-order chi connectivity index (χ0) is 25.6. The third kappa shape index (κ3) is 19.2. The molecule has 4 nitrogen and oxygen atoms in total. The van der Waals surface area contributed by atoms with Crippen molar-refractivity contribution in [1.29, 1.82) is 0 Å². The van der Waals surface area contributed by atoms with Crippen molar-refractivity contribution in [3.8, 4) is 0 Å². The summed E-state index contributed by atoms with van der Waals surface area (Å²) in [6.07, 6.45) is 24.5. The number of hydrogen-bond donors (Lipinski definition) is 1. The molecule has 0 unspecified atom stereocenters. The predicted molar refractivity (Wildman–Crippen MR) is 150 cm³/mol. The number of carbonyl (C=O) groups excluding carboxylic acids is 1. The molecule has 1 aliphatic carbocycles. The van der Waals surface area contributed by atoms with Crippen molar-refractivity contribution in [2.45, 2.75) is 155 Å². The molecule has 0 aromatic rings. The van der Waals surface area contributed by atoms with Crippen LogP contribution in [0.5, 0.6) is 0 Å². The van der Waals surface area contributed by atoms with Crippen molar-refractivity contribution in [1.82, 2.24) is 4.90 Å². The van der Waals surface area contributed by atoms with Crippen LogP contribution in [0.25, 0.3) is 0 Å². The number of hydrogen-bond acceptors (Lipinski definition) is 4. The van der Waals surface area contributed by atoms with Gasteiger partial charge >= 0.3 is 5.97 Å². The molecule has 0 amide bonds. The Bertz CT molecular complexity index is 474. The Morgan fingerprint density at radius 3 is 2.00 bits per heavy atom. The quantitative estimate of drug-likeness (QED) is 0.114. The lowest BCUT2D eigenvalue weighted by Crippen LogP contribution is -2.29. The van der Waals surface area contributed by atoms with Crippen LogP contribution in [0.3, 0.4) is 0 Å². The molecule has 1 aliphatic rings. The molecule has 4 heteroatoms. The van der Waals surface area contributed by atoms with Gasteiger partial charge in [-0.25, -0.2) is 0 Å². The lowest BCUT2D eigenvalue weighted by molar-refractivity contribution is -0.151. The Morgan fingerprint density at radius 1 is 0.800 bits per heavy atom. The summed E-state index contributed by atoms with van der Waals surface area (Å²) >= 11 is 0. The van der Waals surface area contributed by atoms with Crippen LogP contribution in [-0.2, 0) is 9.53 Å². The van der Waals surface area contributed by atoms with Gasteiger partial charge in [0.1, 0.15) is 6.10 Å². The average molecular weight is 496 g/mol. The zero-order valence-electron chi connectivity index (χ0n) is 23.9. The zero-order valence-corrected chi connectivity index (χ0v) is 23.9.